The Balaban J connectivity index is 1.90. The number of piperidine rings is 1. The van der Waals surface area contributed by atoms with Crippen LogP contribution >= 0.6 is 0 Å². The zero-order valence-corrected chi connectivity index (χ0v) is 12.3. The smallest absolute Gasteiger partial charge is 0.260 e. The molecule has 2 N–H and O–H groups in total. The van der Waals surface area contributed by atoms with Crippen LogP contribution in [0.2, 0.25) is 0 Å². The number of nitrogens with one attached hydrogen (secondary N) is 2. The van der Waals surface area contributed by atoms with Crippen LogP contribution in [0, 0.1) is 0 Å². The Morgan fingerprint density at radius 3 is 2.75 bits per heavy atom. The molecule has 1 aromatic heterocycles. The molecule has 7 nitrogen and oxygen atoms in total. The van der Waals surface area contributed by atoms with Gasteiger partial charge in [-0.15, -0.1) is 0 Å². The Labute approximate surface area is 118 Å². The lowest BCUT2D eigenvalue weighted by Crippen LogP contribution is -2.46. The Kier molecular flexibility index (Phi) is 4.77. The standard InChI is InChI=1S/C12H20N4O3S/c1-2-3-11(17)15-10-4-6-16(7-5-10)20(18,19)12-8-13-9-14-12/h8-10H,2-7H2,1H3,(H,13,14)(H,15,17). The first-order chi connectivity index (χ1) is 9.54. The van der Waals surface area contributed by atoms with Gasteiger partial charge in [-0.2, -0.15) is 4.31 Å². The van der Waals surface area contributed by atoms with Gasteiger partial charge in [0, 0.05) is 25.6 Å². The molecule has 1 fully saturated rings. The third-order valence-electron chi connectivity index (χ3n) is 3.39. The third-order valence-corrected chi connectivity index (χ3v) is 5.21. The van der Waals surface area contributed by atoms with E-state index in [4.69, 9.17) is 0 Å². The largest absolute Gasteiger partial charge is 0.353 e. The molecule has 8 heteroatoms. The zero-order chi connectivity index (χ0) is 14.6. The molecule has 1 aliphatic rings. The summed E-state index contributed by atoms with van der Waals surface area (Å²) in [6.07, 6.45) is 5.28. The highest BCUT2D eigenvalue weighted by atomic mass is 32.2. The number of aromatic nitrogens is 2. The van der Waals surface area contributed by atoms with E-state index in [0.29, 0.717) is 32.4 Å². The molecule has 0 unspecified atom stereocenters. The van der Waals surface area contributed by atoms with E-state index in [9.17, 15) is 13.2 Å². The fraction of sp³-hybridized carbons (Fsp3) is 0.667. The van der Waals surface area contributed by atoms with Crippen molar-refractivity contribution in [2.24, 2.45) is 0 Å². The molecule has 20 heavy (non-hydrogen) atoms. The van der Waals surface area contributed by atoms with Gasteiger partial charge in [-0.25, -0.2) is 13.4 Å². The zero-order valence-electron chi connectivity index (χ0n) is 11.5. The highest BCUT2D eigenvalue weighted by Crippen LogP contribution is 2.19. The Bertz CT molecular complexity index is 533. The van der Waals surface area contributed by atoms with Gasteiger partial charge in [-0.1, -0.05) is 6.92 Å². The number of hydrogen-bond donors (Lipinski definition) is 2. The van der Waals surface area contributed by atoms with E-state index in [0.717, 1.165) is 6.42 Å². The first kappa shape index (κ1) is 15.0. The molecule has 0 aliphatic carbocycles. The van der Waals surface area contributed by atoms with Gasteiger partial charge >= 0.3 is 0 Å². The molecule has 1 amide bonds. The number of aromatic amines is 1. The Morgan fingerprint density at radius 1 is 1.50 bits per heavy atom. The Hall–Kier alpha value is -1.41. The van der Waals surface area contributed by atoms with Crippen molar-refractivity contribution >= 4 is 15.9 Å². The van der Waals surface area contributed by atoms with E-state index >= 15 is 0 Å². The molecular formula is C12H20N4O3S. The van der Waals surface area contributed by atoms with Crippen LogP contribution in [-0.2, 0) is 14.8 Å². The maximum Gasteiger partial charge on any atom is 0.260 e. The SMILES string of the molecule is CCCC(=O)NC1CCN(S(=O)(=O)c2cnc[nH]2)CC1. The number of imidazole rings is 1. The van der Waals surface area contributed by atoms with Gasteiger partial charge in [-0.3, -0.25) is 4.79 Å². The summed E-state index contributed by atoms with van der Waals surface area (Å²) in [6, 6.07) is 0.0715. The molecule has 1 aromatic rings. The minimum atomic E-state index is -3.48. The summed E-state index contributed by atoms with van der Waals surface area (Å²) in [5, 5.41) is 3.06. The van der Waals surface area contributed by atoms with Gasteiger partial charge in [0.15, 0.2) is 5.03 Å². The second kappa shape index (κ2) is 6.36. The van der Waals surface area contributed by atoms with Crippen molar-refractivity contribution in [3.8, 4) is 0 Å². The highest BCUT2D eigenvalue weighted by molar-refractivity contribution is 7.89. The van der Waals surface area contributed by atoms with Gasteiger partial charge in [-0.05, 0) is 19.3 Å². The van der Waals surface area contributed by atoms with Crippen molar-refractivity contribution in [3.05, 3.63) is 12.5 Å². The lowest BCUT2D eigenvalue weighted by molar-refractivity contribution is -0.122. The summed E-state index contributed by atoms with van der Waals surface area (Å²) in [5.74, 6) is 0.0439. The van der Waals surface area contributed by atoms with Gasteiger partial charge < -0.3 is 10.3 Å². The summed E-state index contributed by atoms with van der Waals surface area (Å²) in [6.45, 7) is 2.79. The average Bonchev–Trinajstić information content (AvgIpc) is 2.94. The first-order valence-electron chi connectivity index (χ1n) is 6.82. The molecule has 1 aliphatic heterocycles. The van der Waals surface area contributed by atoms with Crippen LogP contribution in [-0.4, -0.2) is 47.7 Å². The van der Waals surface area contributed by atoms with Crippen molar-refractivity contribution in [1.29, 1.82) is 0 Å². The van der Waals surface area contributed by atoms with Crippen molar-refractivity contribution in [2.75, 3.05) is 13.1 Å². The van der Waals surface area contributed by atoms with E-state index in [1.165, 1.54) is 16.8 Å². The lowest BCUT2D eigenvalue weighted by Gasteiger charge is -2.31. The summed E-state index contributed by atoms with van der Waals surface area (Å²) < 4.78 is 25.9. The number of nitrogens with zero attached hydrogens (tertiary/aromatic N) is 2. The predicted molar refractivity (Wildman–Crippen MR) is 73.4 cm³/mol. The molecule has 0 atom stereocenters. The van der Waals surface area contributed by atoms with Gasteiger partial charge in [0.1, 0.15) is 0 Å². The number of sulfonamides is 1. The first-order valence-corrected chi connectivity index (χ1v) is 8.26. The van der Waals surface area contributed by atoms with Crippen LogP contribution in [0.15, 0.2) is 17.6 Å². The van der Waals surface area contributed by atoms with Crippen molar-refractivity contribution in [3.63, 3.8) is 0 Å². The van der Waals surface area contributed by atoms with Crippen LogP contribution < -0.4 is 5.32 Å². The molecule has 0 spiro atoms. The fourth-order valence-electron chi connectivity index (χ4n) is 2.29. The molecule has 2 rings (SSSR count). The number of hydrogen-bond acceptors (Lipinski definition) is 4. The minimum absolute atomic E-state index is 0.0439. The van der Waals surface area contributed by atoms with E-state index in [2.05, 4.69) is 15.3 Å². The quantitative estimate of drug-likeness (QED) is 0.827. The monoisotopic (exact) mass is 300 g/mol. The number of H-pyrrole nitrogens is 1. The molecular weight excluding hydrogens is 280 g/mol. The Morgan fingerprint density at radius 2 is 2.20 bits per heavy atom. The normalized spacial score (nSPS) is 18.1. The average molecular weight is 300 g/mol. The molecule has 2 heterocycles. The van der Waals surface area contributed by atoms with Crippen LogP contribution in [0.25, 0.3) is 0 Å². The number of carbonyl (C=O) groups excluding carboxylic acids is 1. The molecule has 0 bridgehead atoms. The summed E-state index contributed by atoms with van der Waals surface area (Å²) >= 11 is 0. The second-order valence-corrected chi connectivity index (χ2v) is 6.82. The van der Waals surface area contributed by atoms with Gasteiger partial charge in [0.2, 0.25) is 5.91 Å². The van der Waals surface area contributed by atoms with E-state index in [1.54, 1.807) is 0 Å². The maximum atomic E-state index is 12.2. The minimum Gasteiger partial charge on any atom is -0.353 e. The van der Waals surface area contributed by atoms with Crippen molar-refractivity contribution in [2.45, 2.75) is 43.7 Å². The summed E-state index contributed by atoms with van der Waals surface area (Å²) in [7, 11) is -3.48. The number of rotatable bonds is 5. The van der Waals surface area contributed by atoms with Crippen molar-refractivity contribution in [1.82, 2.24) is 19.6 Å². The van der Waals surface area contributed by atoms with E-state index < -0.39 is 10.0 Å². The van der Waals surface area contributed by atoms with Gasteiger partial charge in [0.05, 0.1) is 12.5 Å². The third kappa shape index (κ3) is 3.37. The highest BCUT2D eigenvalue weighted by Gasteiger charge is 2.30. The molecule has 0 saturated carbocycles. The fourth-order valence-corrected chi connectivity index (χ4v) is 3.66. The molecule has 0 radical (unpaired) electrons. The van der Waals surface area contributed by atoms with Crippen LogP contribution in [0.5, 0.6) is 0 Å². The van der Waals surface area contributed by atoms with E-state index in [-0.39, 0.29) is 17.0 Å². The van der Waals surface area contributed by atoms with Gasteiger partial charge in [0.25, 0.3) is 10.0 Å². The van der Waals surface area contributed by atoms with Crippen LogP contribution in [0.4, 0.5) is 0 Å². The molecule has 0 aromatic carbocycles. The maximum absolute atomic E-state index is 12.2. The molecule has 1 saturated heterocycles. The van der Waals surface area contributed by atoms with Crippen LogP contribution in [0.1, 0.15) is 32.6 Å². The lowest BCUT2D eigenvalue weighted by atomic mass is 10.1. The topological polar surface area (TPSA) is 95.2 Å². The van der Waals surface area contributed by atoms with Crippen molar-refractivity contribution < 1.29 is 13.2 Å². The predicted octanol–water partition coefficient (Wildman–Crippen LogP) is 0.479. The second-order valence-electron chi connectivity index (χ2n) is 4.91. The number of carbonyl (C=O) groups is 1. The number of amides is 1. The summed E-state index contributed by atoms with van der Waals surface area (Å²) in [5.41, 5.74) is 0. The van der Waals surface area contributed by atoms with E-state index in [1.807, 2.05) is 6.92 Å². The molecule has 112 valence electrons. The van der Waals surface area contributed by atoms with Crippen LogP contribution in [0.3, 0.4) is 0 Å². The summed E-state index contributed by atoms with van der Waals surface area (Å²) in [4.78, 5) is 17.9.